The van der Waals surface area contributed by atoms with Crippen LogP contribution in [-0.4, -0.2) is 11.1 Å². The molecule has 2 aromatic rings. The minimum absolute atomic E-state index is 0.491. The molecular formula is C14H13ClO2. The molecule has 0 aromatic heterocycles. The first-order valence-corrected chi connectivity index (χ1v) is 5.80. The molecule has 0 aliphatic carbocycles. The van der Waals surface area contributed by atoms with E-state index in [1.807, 2.05) is 37.3 Å². The lowest BCUT2D eigenvalue weighted by atomic mass is 9.92. The van der Waals surface area contributed by atoms with Gasteiger partial charge in [-0.15, -0.1) is 0 Å². The van der Waals surface area contributed by atoms with Crippen molar-refractivity contribution >= 4 is 28.3 Å². The molecule has 0 heterocycles. The predicted molar refractivity (Wildman–Crippen MR) is 69.7 cm³/mol. The number of carbonyl (C=O) groups is 1. The van der Waals surface area contributed by atoms with E-state index in [1.54, 1.807) is 6.92 Å². The van der Waals surface area contributed by atoms with Gasteiger partial charge in [0.1, 0.15) is 0 Å². The fourth-order valence-electron chi connectivity index (χ4n) is 2.08. The summed E-state index contributed by atoms with van der Waals surface area (Å²) in [6.07, 6.45) is 0. The highest BCUT2D eigenvalue weighted by Gasteiger charge is 2.16. The summed E-state index contributed by atoms with van der Waals surface area (Å²) in [5, 5.41) is 11.8. The van der Waals surface area contributed by atoms with Gasteiger partial charge in [-0.1, -0.05) is 29.8 Å². The van der Waals surface area contributed by atoms with E-state index in [0.717, 1.165) is 21.9 Å². The Bertz CT molecular complexity index is 590. The molecule has 0 radical (unpaired) electrons. The van der Waals surface area contributed by atoms with Crippen molar-refractivity contribution in [3.05, 3.63) is 46.5 Å². The van der Waals surface area contributed by atoms with Crippen LogP contribution in [-0.2, 0) is 4.79 Å². The van der Waals surface area contributed by atoms with Gasteiger partial charge in [0.25, 0.3) is 0 Å². The van der Waals surface area contributed by atoms with E-state index in [-0.39, 0.29) is 0 Å². The van der Waals surface area contributed by atoms with Crippen LogP contribution in [0.3, 0.4) is 0 Å². The summed E-state index contributed by atoms with van der Waals surface area (Å²) >= 11 is 5.93. The van der Waals surface area contributed by atoms with Gasteiger partial charge in [0.15, 0.2) is 0 Å². The van der Waals surface area contributed by atoms with Gasteiger partial charge in [-0.2, -0.15) is 0 Å². The summed E-state index contributed by atoms with van der Waals surface area (Å²) in [5.41, 5.74) is 1.86. The number of halogens is 1. The maximum absolute atomic E-state index is 11.0. The summed E-state index contributed by atoms with van der Waals surface area (Å²) in [4.78, 5) is 11.0. The van der Waals surface area contributed by atoms with Gasteiger partial charge in [0.05, 0.1) is 5.92 Å². The van der Waals surface area contributed by atoms with E-state index >= 15 is 0 Å². The highest BCUT2D eigenvalue weighted by Crippen LogP contribution is 2.28. The maximum atomic E-state index is 11.0. The largest absolute Gasteiger partial charge is 0.481 e. The minimum atomic E-state index is -0.804. The van der Waals surface area contributed by atoms with Gasteiger partial charge in [0.2, 0.25) is 0 Å². The van der Waals surface area contributed by atoms with E-state index in [9.17, 15) is 4.79 Å². The summed E-state index contributed by atoms with van der Waals surface area (Å²) in [6.45, 7) is 3.65. The second-order valence-corrected chi connectivity index (χ2v) is 4.64. The van der Waals surface area contributed by atoms with Gasteiger partial charge in [-0.05, 0) is 47.9 Å². The average Bonchev–Trinajstić information content (AvgIpc) is 2.28. The van der Waals surface area contributed by atoms with Crippen LogP contribution in [0.2, 0.25) is 5.02 Å². The third kappa shape index (κ3) is 2.13. The minimum Gasteiger partial charge on any atom is -0.481 e. The zero-order chi connectivity index (χ0) is 12.6. The second-order valence-electron chi connectivity index (χ2n) is 4.21. The molecule has 0 aliphatic heterocycles. The summed E-state index contributed by atoms with van der Waals surface area (Å²) < 4.78 is 0. The smallest absolute Gasteiger partial charge is 0.310 e. The van der Waals surface area contributed by atoms with Crippen LogP contribution in [0.1, 0.15) is 24.0 Å². The van der Waals surface area contributed by atoms with Gasteiger partial charge in [-0.25, -0.2) is 0 Å². The van der Waals surface area contributed by atoms with Crippen molar-refractivity contribution in [1.29, 1.82) is 0 Å². The van der Waals surface area contributed by atoms with Crippen molar-refractivity contribution in [3.63, 3.8) is 0 Å². The third-order valence-corrected chi connectivity index (χ3v) is 3.37. The quantitative estimate of drug-likeness (QED) is 0.873. The van der Waals surface area contributed by atoms with Gasteiger partial charge in [-0.3, -0.25) is 4.79 Å². The van der Waals surface area contributed by atoms with Gasteiger partial charge < -0.3 is 5.11 Å². The molecule has 0 saturated carbocycles. The molecule has 3 heteroatoms. The highest BCUT2D eigenvalue weighted by atomic mass is 35.5. The van der Waals surface area contributed by atoms with E-state index < -0.39 is 11.9 Å². The Morgan fingerprint density at radius 1 is 1.29 bits per heavy atom. The molecule has 88 valence electrons. The Morgan fingerprint density at radius 2 is 2.00 bits per heavy atom. The van der Waals surface area contributed by atoms with Gasteiger partial charge >= 0.3 is 5.97 Å². The van der Waals surface area contributed by atoms with Gasteiger partial charge in [0, 0.05) is 5.02 Å². The van der Waals surface area contributed by atoms with Crippen molar-refractivity contribution in [3.8, 4) is 0 Å². The number of fused-ring (bicyclic) bond motifs is 1. The monoisotopic (exact) mass is 248 g/mol. The standard InChI is InChI=1S/C14H13ClO2/c1-8-12(9(2)14(16)17)5-3-10-7-11(15)4-6-13(8)10/h3-7,9H,1-2H3,(H,16,17). The Hall–Kier alpha value is -1.54. The van der Waals surface area contributed by atoms with Crippen LogP contribution in [0.15, 0.2) is 30.3 Å². The van der Waals surface area contributed by atoms with E-state index in [0.29, 0.717) is 5.02 Å². The average molecular weight is 249 g/mol. The normalized spacial score (nSPS) is 12.6. The first-order chi connectivity index (χ1) is 8.00. The Balaban J connectivity index is 2.66. The predicted octanol–water partition coefficient (Wildman–Crippen LogP) is 3.99. The molecule has 0 saturated heterocycles. The molecule has 2 aromatic carbocycles. The molecule has 0 bridgehead atoms. The molecule has 17 heavy (non-hydrogen) atoms. The Labute approximate surface area is 105 Å². The first kappa shape index (κ1) is 11.9. The van der Waals surface area contributed by atoms with Crippen molar-refractivity contribution in [2.75, 3.05) is 0 Å². The second kappa shape index (κ2) is 4.38. The zero-order valence-electron chi connectivity index (χ0n) is 9.70. The SMILES string of the molecule is Cc1c(C(C)C(=O)O)ccc2cc(Cl)ccc12. The van der Waals surface area contributed by atoms with Crippen molar-refractivity contribution < 1.29 is 9.90 Å². The van der Waals surface area contributed by atoms with Crippen LogP contribution < -0.4 is 0 Å². The molecule has 2 nitrogen and oxygen atoms in total. The van der Waals surface area contributed by atoms with Crippen LogP contribution >= 0.6 is 11.6 Å². The zero-order valence-corrected chi connectivity index (χ0v) is 10.5. The third-order valence-electron chi connectivity index (χ3n) is 3.13. The number of rotatable bonds is 2. The molecule has 0 aliphatic rings. The lowest BCUT2D eigenvalue weighted by Crippen LogP contribution is -2.09. The van der Waals surface area contributed by atoms with Crippen LogP contribution in [0.5, 0.6) is 0 Å². The van der Waals surface area contributed by atoms with E-state index in [1.165, 1.54) is 0 Å². The number of aryl methyl sites for hydroxylation is 1. The number of hydrogen-bond donors (Lipinski definition) is 1. The molecule has 1 N–H and O–H groups in total. The van der Waals surface area contributed by atoms with Crippen LogP contribution in [0.25, 0.3) is 10.8 Å². The highest BCUT2D eigenvalue weighted by molar-refractivity contribution is 6.31. The summed E-state index contributed by atoms with van der Waals surface area (Å²) in [6, 6.07) is 9.44. The number of aliphatic carboxylic acids is 1. The molecular weight excluding hydrogens is 236 g/mol. The fourth-order valence-corrected chi connectivity index (χ4v) is 2.26. The van der Waals surface area contributed by atoms with E-state index in [4.69, 9.17) is 16.7 Å². The molecule has 0 amide bonds. The summed E-state index contributed by atoms with van der Waals surface area (Å²) in [7, 11) is 0. The molecule has 1 atom stereocenters. The fraction of sp³-hybridized carbons (Fsp3) is 0.214. The van der Waals surface area contributed by atoms with Crippen LogP contribution in [0, 0.1) is 6.92 Å². The maximum Gasteiger partial charge on any atom is 0.310 e. The lowest BCUT2D eigenvalue weighted by Gasteiger charge is -2.13. The van der Waals surface area contributed by atoms with Crippen molar-refractivity contribution in [2.24, 2.45) is 0 Å². The molecule has 0 fully saturated rings. The Morgan fingerprint density at radius 3 is 2.65 bits per heavy atom. The molecule has 0 spiro atoms. The first-order valence-electron chi connectivity index (χ1n) is 5.42. The van der Waals surface area contributed by atoms with Crippen molar-refractivity contribution in [1.82, 2.24) is 0 Å². The number of carboxylic acids is 1. The van der Waals surface area contributed by atoms with E-state index in [2.05, 4.69) is 0 Å². The Kier molecular flexibility index (Phi) is 3.07. The van der Waals surface area contributed by atoms with Crippen LogP contribution in [0.4, 0.5) is 0 Å². The summed E-state index contributed by atoms with van der Waals surface area (Å²) in [5.74, 6) is -1.29. The number of hydrogen-bond acceptors (Lipinski definition) is 1. The van der Waals surface area contributed by atoms with Crippen molar-refractivity contribution in [2.45, 2.75) is 19.8 Å². The molecule has 1 unspecified atom stereocenters. The number of benzene rings is 2. The lowest BCUT2D eigenvalue weighted by molar-refractivity contribution is -0.138. The topological polar surface area (TPSA) is 37.3 Å². The number of carboxylic acid groups (broad SMARTS) is 1. The molecule has 2 rings (SSSR count).